The second-order valence-corrected chi connectivity index (χ2v) is 3.47. The van der Waals surface area contributed by atoms with Crippen LogP contribution >= 0.6 is 28.3 Å². The number of halogens is 2. The Labute approximate surface area is 93.8 Å². The highest BCUT2D eigenvalue weighted by Gasteiger charge is 1.91. The van der Waals surface area contributed by atoms with Crippen molar-refractivity contribution in [3.63, 3.8) is 0 Å². The molecule has 72 valence electrons. The molecule has 3 heteroatoms. The van der Waals surface area contributed by atoms with Gasteiger partial charge in [-0.25, -0.2) is 0 Å². The standard InChI is InChI=1S/C10H12BrN.ClH/c1-2-6-12-8-9-4-3-5-10(11)7-9;/h2-5,7,12H,1,6,8H2;1H. The van der Waals surface area contributed by atoms with E-state index in [0.717, 1.165) is 17.6 Å². The summed E-state index contributed by atoms with van der Waals surface area (Å²) in [5.41, 5.74) is 1.28. The second kappa shape index (κ2) is 7.13. The molecule has 1 N–H and O–H groups in total. The van der Waals surface area contributed by atoms with E-state index in [0.29, 0.717) is 0 Å². The summed E-state index contributed by atoms with van der Waals surface area (Å²) < 4.78 is 1.13. The third-order valence-corrected chi connectivity index (χ3v) is 2.00. The van der Waals surface area contributed by atoms with Gasteiger partial charge in [-0.1, -0.05) is 34.1 Å². The van der Waals surface area contributed by atoms with E-state index in [2.05, 4.69) is 40.0 Å². The van der Waals surface area contributed by atoms with Crippen LogP contribution in [0, 0.1) is 0 Å². The van der Waals surface area contributed by atoms with E-state index < -0.39 is 0 Å². The summed E-state index contributed by atoms with van der Waals surface area (Å²) in [6.45, 7) is 5.39. The summed E-state index contributed by atoms with van der Waals surface area (Å²) in [5.74, 6) is 0. The lowest BCUT2D eigenvalue weighted by Crippen LogP contribution is -2.12. The van der Waals surface area contributed by atoms with Gasteiger partial charge in [-0.3, -0.25) is 0 Å². The molecule has 1 aromatic rings. The molecule has 13 heavy (non-hydrogen) atoms. The molecular formula is C10H13BrClN. The molecule has 0 aliphatic heterocycles. The predicted molar refractivity (Wildman–Crippen MR) is 63.3 cm³/mol. The van der Waals surface area contributed by atoms with Gasteiger partial charge in [0.15, 0.2) is 0 Å². The van der Waals surface area contributed by atoms with Crippen LogP contribution in [0.4, 0.5) is 0 Å². The molecule has 0 heterocycles. The molecule has 0 amide bonds. The topological polar surface area (TPSA) is 12.0 Å². The fraction of sp³-hybridized carbons (Fsp3) is 0.200. The van der Waals surface area contributed by atoms with Gasteiger partial charge < -0.3 is 5.32 Å². The highest BCUT2D eigenvalue weighted by Crippen LogP contribution is 2.10. The summed E-state index contributed by atoms with van der Waals surface area (Å²) >= 11 is 3.42. The summed E-state index contributed by atoms with van der Waals surface area (Å²) in [7, 11) is 0. The molecule has 0 fully saturated rings. The van der Waals surface area contributed by atoms with Gasteiger partial charge in [-0.2, -0.15) is 0 Å². The molecule has 0 unspecified atom stereocenters. The highest BCUT2D eigenvalue weighted by molar-refractivity contribution is 9.10. The van der Waals surface area contributed by atoms with Crippen molar-refractivity contribution in [2.75, 3.05) is 6.54 Å². The molecule has 0 aromatic heterocycles. The fourth-order valence-corrected chi connectivity index (χ4v) is 1.41. The minimum Gasteiger partial charge on any atom is -0.309 e. The molecule has 0 spiro atoms. The van der Waals surface area contributed by atoms with Crippen molar-refractivity contribution in [1.29, 1.82) is 0 Å². The van der Waals surface area contributed by atoms with Gasteiger partial charge in [0, 0.05) is 17.6 Å². The van der Waals surface area contributed by atoms with Crippen molar-refractivity contribution in [1.82, 2.24) is 5.32 Å². The van der Waals surface area contributed by atoms with Crippen LogP contribution < -0.4 is 5.32 Å². The van der Waals surface area contributed by atoms with E-state index in [4.69, 9.17) is 0 Å². The number of nitrogens with one attached hydrogen (secondary N) is 1. The summed E-state index contributed by atoms with van der Waals surface area (Å²) in [4.78, 5) is 0. The third-order valence-electron chi connectivity index (χ3n) is 1.51. The lowest BCUT2D eigenvalue weighted by atomic mass is 10.2. The highest BCUT2D eigenvalue weighted by atomic mass is 79.9. The van der Waals surface area contributed by atoms with Gasteiger partial charge in [0.1, 0.15) is 0 Å². The zero-order valence-corrected chi connectivity index (χ0v) is 9.70. The molecule has 0 atom stereocenters. The minimum absolute atomic E-state index is 0. The molecule has 0 aliphatic rings. The van der Waals surface area contributed by atoms with Crippen LogP contribution in [0.25, 0.3) is 0 Å². The van der Waals surface area contributed by atoms with Crippen LogP contribution in [0.5, 0.6) is 0 Å². The van der Waals surface area contributed by atoms with Crippen LogP contribution in [0.15, 0.2) is 41.4 Å². The molecule has 0 aliphatic carbocycles. The van der Waals surface area contributed by atoms with Gasteiger partial charge in [-0.15, -0.1) is 19.0 Å². The molecule has 1 aromatic carbocycles. The van der Waals surface area contributed by atoms with Crippen molar-refractivity contribution in [3.05, 3.63) is 47.0 Å². The van der Waals surface area contributed by atoms with Crippen LogP contribution in [0.2, 0.25) is 0 Å². The Morgan fingerprint density at radius 3 is 2.85 bits per heavy atom. The fourth-order valence-electron chi connectivity index (χ4n) is 0.965. The molecular weight excluding hydrogens is 249 g/mol. The molecule has 0 radical (unpaired) electrons. The van der Waals surface area contributed by atoms with Crippen LogP contribution in [0.3, 0.4) is 0 Å². The van der Waals surface area contributed by atoms with E-state index in [1.54, 1.807) is 0 Å². The van der Waals surface area contributed by atoms with E-state index in [-0.39, 0.29) is 12.4 Å². The molecule has 0 saturated heterocycles. The van der Waals surface area contributed by atoms with Crippen LogP contribution in [-0.2, 0) is 6.54 Å². The SMILES string of the molecule is C=CCNCc1cccc(Br)c1.Cl. The van der Waals surface area contributed by atoms with Gasteiger partial charge in [0.25, 0.3) is 0 Å². The first-order chi connectivity index (χ1) is 5.83. The van der Waals surface area contributed by atoms with Gasteiger partial charge >= 0.3 is 0 Å². The third kappa shape index (κ3) is 5.09. The lowest BCUT2D eigenvalue weighted by Gasteiger charge is -2.01. The van der Waals surface area contributed by atoms with Crippen molar-refractivity contribution >= 4 is 28.3 Å². The van der Waals surface area contributed by atoms with Crippen molar-refractivity contribution < 1.29 is 0 Å². The Kier molecular flexibility index (Phi) is 6.96. The van der Waals surface area contributed by atoms with E-state index in [1.807, 2.05) is 18.2 Å². The summed E-state index contributed by atoms with van der Waals surface area (Å²) in [6, 6.07) is 8.27. The maximum Gasteiger partial charge on any atom is 0.0208 e. The molecule has 0 bridgehead atoms. The van der Waals surface area contributed by atoms with Crippen molar-refractivity contribution in [3.8, 4) is 0 Å². The van der Waals surface area contributed by atoms with Crippen molar-refractivity contribution in [2.24, 2.45) is 0 Å². The molecule has 0 saturated carbocycles. The van der Waals surface area contributed by atoms with Crippen molar-refractivity contribution in [2.45, 2.75) is 6.54 Å². The average molecular weight is 263 g/mol. The quantitative estimate of drug-likeness (QED) is 0.649. The molecule has 1 rings (SSSR count). The minimum atomic E-state index is 0. The summed E-state index contributed by atoms with van der Waals surface area (Å²) in [6.07, 6.45) is 1.86. The van der Waals surface area contributed by atoms with Crippen LogP contribution in [-0.4, -0.2) is 6.54 Å². The Bertz CT molecular complexity index is 263. The number of rotatable bonds is 4. The van der Waals surface area contributed by atoms with Gasteiger partial charge in [0.2, 0.25) is 0 Å². The Balaban J connectivity index is 0.00000144. The Morgan fingerprint density at radius 1 is 1.46 bits per heavy atom. The van der Waals surface area contributed by atoms with Gasteiger partial charge in [0.05, 0.1) is 0 Å². The predicted octanol–water partition coefficient (Wildman–Crippen LogP) is 3.15. The van der Waals surface area contributed by atoms with Gasteiger partial charge in [-0.05, 0) is 17.7 Å². The Morgan fingerprint density at radius 2 is 2.23 bits per heavy atom. The maximum absolute atomic E-state index is 3.64. The lowest BCUT2D eigenvalue weighted by molar-refractivity contribution is 0.760. The number of hydrogen-bond acceptors (Lipinski definition) is 1. The zero-order chi connectivity index (χ0) is 8.81. The Hall–Kier alpha value is -0.310. The molecule has 1 nitrogen and oxygen atoms in total. The summed E-state index contributed by atoms with van der Waals surface area (Å²) in [5, 5.41) is 3.24. The van der Waals surface area contributed by atoms with Crippen LogP contribution in [0.1, 0.15) is 5.56 Å². The zero-order valence-electron chi connectivity index (χ0n) is 7.29. The number of benzene rings is 1. The van der Waals surface area contributed by atoms with E-state index in [9.17, 15) is 0 Å². The van der Waals surface area contributed by atoms with E-state index >= 15 is 0 Å². The first-order valence-electron chi connectivity index (χ1n) is 3.89. The smallest absolute Gasteiger partial charge is 0.0208 e. The largest absolute Gasteiger partial charge is 0.309 e. The van der Waals surface area contributed by atoms with E-state index in [1.165, 1.54) is 5.56 Å². The first kappa shape index (κ1) is 12.7. The average Bonchev–Trinajstić information content (AvgIpc) is 2.05. The second-order valence-electron chi connectivity index (χ2n) is 2.55. The monoisotopic (exact) mass is 261 g/mol. The first-order valence-corrected chi connectivity index (χ1v) is 4.68. The normalized spacial score (nSPS) is 9.00. The maximum atomic E-state index is 3.64. The number of hydrogen-bond donors (Lipinski definition) is 1.